The Labute approximate surface area is 157 Å². The van der Waals surface area contributed by atoms with Crippen LogP contribution >= 0.6 is 0 Å². The number of rotatable bonds is 9. The first-order valence-electron chi connectivity index (χ1n) is 8.18. The fourth-order valence-corrected chi connectivity index (χ4v) is 3.28. The lowest BCUT2D eigenvalue weighted by Crippen LogP contribution is -2.25. The van der Waals surface area contributed by atoms with Gasteiger partial charge in [0.05, 0.1) is 10.5 Å². The van der Waals surface area contributed by atoms with Crippen LogP contribution in [0.5, 0.6) is 0 Å². The van der Waals surface area contributed by atoms with Crippen LogP contribution in [-0.4, -0.2) is 33.4 Å². The first-order valence-corrected chi connectivity index (χ1v) is 9.59. The van der Waals surface area contributed by atoms with Gasteiger partial charge in [0.2, 0.25) is 0 Å². The van der Waals surface area contributed by atoms with Crippen LogP contribution in [0.1, 0.15) is 28.8 Å². The van der Waals surface area contributed by atoms with Crippen LogP contribution in [0.3, 0.4) is 0 Å². The molecule has 0 amide bonds. The molecule has 0 aliphatic heterocycles. The summed E-state index contributed by atoms with van der Waals surface area (Å²) in [7, 11) is -4.20. The van der Waals surface area contributed by atoms with Crippen LogP contribution in [0.25, 0.3) is 0 Å². The van der Waals surface area contributed by atoms with Crippen molar-refractivity contribution >= 4 is 22.4 Å². The molecule has 0 aromatic heterocycles. The second kappa shape index (κ2) is 9.38. The van der Waals surface area contributed by atoms with Gasteiger partial charge in [-0.15, -0.1) is 0 Å². The van der Waals surface area contributed by atoms with Crippen molar-refractivity contribution in [1.29, 1.82) is 0 Å². The average Bonchev–Trinajstić information content (AvgIpc) is 2.64. The molecule has 27 heavy (non-hydrogen) atoms. The zero-order valence-electron chi connectivity index (χ0n) is 14.6. The molecule has 8 heteroatoms. The molecule has 0 spiro atoms. The zero-order valence-corrected chi connectivity index (χ0v) is 15.4. The molecule has 0 fully saturated rings. The highest BCUT2D eigenvalue weighted by Crippen LogP contribution is 2.17. The van der Waals surface area contributed by atoms with Crippen molar-refractivity contribution in [2.75, 3.05) is 6.61 Å². The van der Waals surface area contributed by atoms with Gasteiger partial charge in [-0.2, -0.15) is 8.42 Å². The Balaban J connectivity index is 2.05. The molecular weight excluding hydrogens is 375 g/mol. The fourth-order valence-electron chi connectivity index (χ4n) is 2.19. The third kappa shape index (κ3) is 6.26. The summed E-state index contributed by atoms with van der Waals surface area (Å²) >= 11 is 0. The van der Waals surface area contributed by atoms with Crippen LogP contribution in [0.2, 0.25) is 0 Å². The summed E-state index contributed by atoms with van der Waals surface area (Å²) in [6.07, 6.45) is -0.348. The maximum absolute atomic E-state index is 13.0. The van der Waals surface area contributed by atoms with E-state index in [9.17, 15) is 22.4 Å². The monoisotopic (exact) mass is 394 g/mol. The predicted molar refractivity (Wildman–Crippen MR) is 95.2 cm³/mol. The Morgan fingerprint density at radius 1 is 1.11 bits per heavy atom. The van der Waals surface area contributed by atoms with E-state index in [0.717, 1.165) is 29.8 Å². The van der Waals surface area contributed by atoms with Gasteiger partial charge < -0.3 is 9.53 Å². The highest BCUT2D eigenvalue weighted by atomic mass is 32.2. The molecule has 144 valence electrons. The Morgan fingerprint density at radius 2 is 1.74 bits per heavy atom. The number of carbonyl (C=O) groups is 2. The summed E-state index contributed by atoms with van der Waals surface area (Å²) in [6, 6.07) is 10.8. The molecule has 0 radical (unpaired) electrons. The minimum atomic E-state index is -4.20. The molecule has 6 nitrogen and oxygen atoms in total. The van der Waals surface area contributed by atoms with Crippen LogP contribution in [0.15, 0.2) is 53.4 Å². The number of ether oxygens (including phenoxy) is 1. The number of benzene rings is 2. The van der Waals surface area contributed by atoms with Crippen molar-refractivity contribution in [3.63, 3.8) is 0 Å². The highest BCUT2D eigenvalue weighted by molar-refractivity contribution is 7.86. The number of hydrogen-bond donors (Lipinski definition) is 0. The van der Waals surface area contributed by atoms with Crippen LogP contribution in [0, 0.1) is 12.7 Å². The van der Waals surface area contributed by atoms with Gasteiger partial charge in [0, 0.05) is 6.42 Å². The van der Waals surface area contributed by atoms with E-state index in [-0.39, 0.29) is 24.3 Å². The van der Waals surface area contributed by atoms with Crippen molar-refractivity contribution in [3.8, 4) is 0 Å². The van der Waals surface area contributed by atoms with Crippen molar-refractivity contribution < 1.29 is 31.3 Å². The van der Waals surface area contributed by atoms with Gasteiger partial charge in [0.25, 0.3) is 10.1 Å². The Kier molecular flexibility index (Phi) is 7.20. The van der Waals surface area contributed by atoms with Gasteiger partial charge in [0.15, 0.2) is 0 Å². The van der Waals surface area contributed by atoms with Gasteiger partial charge >= 0.3 is 5.97 Å². The molecule has 0 aliphatic rings. The van der Waals surface area contributed by atoms with Crippen molar-refractivity contribution in [2.45, 2.75) is 30.8 Å². The minimum Gasteiger partial charge on any atom is -0.459 e. The molecule has 0 N–H and O–H groups in total. The lowest BCUT2D eigenvalue weighted by Gasteiger charge is -2.17. The standard InChI is InChI=1S/C19H19FO6S/c1-14-4-6-15(7-5-14)19(22)25-13-17(3-2-12-21)26-27(23,24)18-10-8-16(20)9-11-18/h4-12,17H,2-3,13H2,1H3. The molecule has 1 atom stereocenters. The average molecular weight is 394 g/mol. The Hall–Kier alpha value is -2.58. The number of esters is 1. The topological polar surface area (TPSA) is 86.7 Å². The molecule has 2 rings (SSSR count). The second-order valence-corrected chi connectivity index (χ2v) is 7.41. The van der Waals surface area contributed by atoms with Gasteiger partial charge in [0.1, 0.15) is 24.8 Å². The number of halogens is 1. The highest BCUT2D eigenvalue weighted by Gasteiger charge is 2.23. The summed E-state index contributed by atoms with van der Waals surface area (Å²) < 4.78 is 47.8. The van der Waals surface area contributed by atoms with E-state index in [1.165, 1.54) is 0 Å². The molecule has 2 aromatic carbocycles. The third-order valence-corrected chi connectivity index (χ3v) is 5.03. The van der Waals surface area contributed by atoms with E-state index < -0.39 is 28.0 Å². The lowest BCUT2D eigenvalue weighted by atomic mass is 10.1. The molecular formula is C19H19FO6S. The minimum absolute atomic E-state index is 0.0334. The molecule has 1 unspecified atom stereocenters. The lowest BCUT2D eigenvalue weighted by molar-refractivity contribution is -0.108. The van der Waals surface area contributed by atoms with Crippen LogP contribution < -0.4 is 0 Å². The molecule has 0 aliphatic carbocycles. The van der Waals surface area contributed by atoms with E-state index in [1.807, 2.05) is 6.92 Å². The SMILES string of the molecule is Cc1ccc(C(=O)OCC(CCC=O)OS(=O)(=O)c2ccc(F)cc2)cc1. The maximum atomic E-state index is 13.0. The van der Waals surface area contributed by atoms with Crippen LogP contribution in [-0.2, 0) is 23.8 Å². The first kappa shape index (κ1) is 20.7. The first-order chi connectivity index (χ1) is 12.8. The molecule has 0 saturated carbocycles. The molecule has 0 heterocycles. The quantitative estimate of drug-likeness (QED) is 0.369. The number of hydrogen-bond acceptors (Lipinski definition) is 6. The maximum Gasteiger partial charge on any atom is 0.338 e. The largest absolute Gasteiger partial charge is 0.459 e. The normalized spacial score (nSPS) is 12.4. The summed E-state index contributed by atoms with van der Waals surface area (Å²) in [5.41, 5.74) is 1.29. The molecule has 2 aromatic rings. The number of aryl methyl sites for hydroxylation is 1. The summed E-state index contributed by atoms with van der Waals surface area (Å²) in [5.74, 6) is -1.22. The van der Waals surface area contributed by atoms with Crippen molar-refractivity contribution in [2.24, 2.45) is 0 Å². The predicted octanol–water partition coefficient (Wildman–Crippen LogP) is 3.04. The number of aldehydes is 1. The summed E-state index contributed by atoms with van der Waals surface area (Å²) in [5, 5.41) is 0. The Morgan fingerprint density at radius 3 is 2.33 bits per heavy atom. The smallest absolute Gasteiger partial charge is 0.338 e. The van der Waals surface area contributed by atoms with Gasteiger partial charge in [-0.05, 0) is 49.7 Å². The third-order valence-electron chi connectivity index (χ3n) is 3.66. The van der Waals surface area contributed by atoms with E-state index in [0.29, 0.717) is 11.8 Å². The fraction of sp³-hybridized carbons (Fsp3) is 0.263. The number of carbonyl (C=O) groups excluding carboxylic acids is 2. The summed E-state index contributed by atoms with van der Waals surface area (Å²) in [4.78, 5) is 22.5. The van der Waals surface area contributed by atoms with E-state index in [2.05, 4.69) is 0 Å². The van der Waals surface area contributed by atoms with Gasteiger partial charge in [-0.3, -0.25) is 4.18 Å². The second-order valence-electron chi connectivity index (χ2n) is 5.83. The van der Waals surface area contributed by atoms with Crippen molar-refractivity contribution in [1.82, 2.24) is 0 Å². The van der Waals surface area contributed by atoms with Crippen molar-refractivity contribution in [3.05, 3.63) is 65.5 Å². The summed E-state index contributed by atoms with van der Waals surface area (Å²) in [6.45, 7) is 1.53. The molecule has 0 bridgehead atoms. The van der Waals surface area contributed by atoms with E-state index in [1.54, 1.807) is 24.3 Å². The van der Waals surface area contributed by atoms with Crippen LogP contribution in [0.4, 0.5) is 4.39 Å². The van der Waals surface area contributed by atoms with Gasteiger partial charge in [-0.1, -0.05) is 17.7 Å². The zero-order chi connectivity index (χ0) is 19.9. The molecule has 0 saturated heterocycles. The van der Waals surface area contributed by atoms with E-state index >= 15 is 0 Å². The van der Waals surface area contributed by atoms with E-state index in [4.69, 9.17) is 8.92 Å². The Bertz CT molecular complexity index is 875. The van der Waals surface area contributed by atoms with Gasteiger partial charge in [-0.25, -0.2) is 9.18 Å².